The summed E-state index contributed by atoms with van der Waals surface area (Å²) in [5, 5.41) is 7.69. The standard InChI is InChI=1S/C24H25N5O/c30-24(26-14-10-18-8-12-25-13-9-18)20-17-23(28-16-4-3-7-21(20)28)22-11-15-27-29(22)19-5-1-2-6-19/h3-4,7-9,11-13,15-17,19H,1-2,5-6,10,14H2,(H,26,30). The minimum absolute atomic E-state index is 0.0501. The van der Waals surface area contributed by atoms with Gasteiger partial charge in [-0.2, -0.15) is 5.10 Å². The van der Waals surface area contributed by atoms with E-state index < -0.39 is 0 Å². The highest BCUT2D eigenvalue weighted by Crippen LogP contribution is 2.34. The molecule has 1 aliphatic carbocycles. The van der Waals surface area contributed by atoms with Gasteiger partial charge in [0.25, 0.3) is 5.91 Å². The number of hydrogen-bond donors (Lipinski definition) is 1. The van der Waals surface area contributed by atoms with Crippen LogP contribution in [0.15, 0.2) is 67.3 Å². The fourth-order valence-electron chi connectivity index (χ4n) is 4.45. The van der Waals surface area contributed by atoms with Crippen LogP contribution in [-0.2, 0) is 6.42 Å². The van der Waals surface area contributed by atoms with Gasteiger partial charge in [0, 0.05) is 31.3 Å². The van der Waals surface area contributed by atoms with Crippen molar-refractivity contribution in [3.05, 3.63) is 78.4 Å². The fraction of sp³-hybridized carbons (Fsp3) is 0.292. The van der Waals surface area contributed by atoms with Gasteiger partial charge in [-0.1, -0.05) is 18.9 Å². The van der Waals surface area contributed by atoms with Crippen LogP contribution < -0.4 is 5.32 Å². The van der Waals surface area contributed by atoms with E-state index in [4.69, 9.17) is 0 Å². The molecular formula is C24H25N5O. The highest BCUT2D eigenvalue weighted by Gasteiger charge is 2.23. The molecule has 0 atom stereocenters. The molecule has 0 aromatic carbocycles. The molecule has 152 valence electrons. The number of fused-ring (bicyclic) bond motifs is 1. The Kier molecular flexibility index (Phi) is 5.05. The van der Waals surface area contributed by atoms with Crippen LogP contribution in [0.3, 0.4) is 0 Å². The summed E-state index contributed by atoms with van der Waals surface area (Å²) >= 11 is 0. The SMILES string of the molecule is O=C(NCCc1ccncc1)c1cc(-c2ccnn2C2CCCC2)n2ccccc12. The lowest BCUT2D eigenvalue weighted by Crippen LogP contribution is -2.25. The molecule has 4 aromatic heterocycles. The molecular weight excluding hydrogens is 374 g/mol. The maximum atomic E-state index is 13.0. The highest BCUT2D eigenvalue weighted by molar-refractivity contribution is 6.02. The topological polar surface area (TPSA) is 64.2 Å². The molecule has 6 heteroatoms. The normalized spacial score (nSPS) is 14.4. The number of amides is 1. The average molecular weight is 399 g/mol. The molecule has 4 heterocycles. The molecule has 0 aliphatic heterocycles. The molecule has 6 nitrogen and oxygen atoms in total. The highest BCUT2D eigenvalue weighted by atomic mass is 16.1. The number of rotatable bonds is 6. The lowest BCUT2D eigenvalue weighted by atomic mass is 10.2. The Balaban J connectivity index is 1.43. The molecule has 0 spiro atoms. The summed E-state index contributed by atoms with van der Waals surface area (Å²) in [5.41, 5.74) is 4.84. The maximum absolute atomic E-state index is 13.0. The van der Waals surface area contributed by atoms with Crippen LogP contribution in [0.2, 0.25) is 0 Å². The summed E-state index contributed by atoms with van der Waals surface area (Å²) in [5.74, 6) is -0.0501. The predicted octanol–water partition coefficient (Wildman–Crippen LogP) is 4.29. The van der Waals surface area contributed by atoms with Gasteiger partial charge >= 0.3 is 0 Å². The molecule has 0 radical (unpaired) electrons. The lowest BCUT2D eigenvalue weighted by molar-refractivity contribution is 0.0956. The first-order chi connectivity index (χ1) is 14.8. The van der Waals surface area contributed by atoms with Gasteiger partial charge in [-0.25, -0.2) is 0 Å². The number of aromatic nitrogens is 4. The summed E-state index contributed by atoms with van der Waals surface area (Å²) in [6.45, 7) is 0.586. The van der Waals surface area contributed by atoms with Crippen molar-refractivity contribution in [1.29, 1.82) is 0 Å². The molecule has 4 aromatic rings. The summed E-state index contributed by atoms with van der Waals surface area (Å²) in [6.07, 6.45) is 13.1. The molecule has 0 unspecified atom stereocenters. The first-order valence-electron chi connectivity index (χ1n) is 10.6. The van der Waals surface area contributed by atoms with Gasteiger partial charge in [-0.05, 0) is 61.2 Å². The second kappa shape index (κ2) is 8.14. The van der Waals surface area contributed by atoms with E-state index in [9.17, 15) is 4.79 Å². The second-order valence-corrected chi connectivity index (χ2v) is 7.86. The molecule has 1 N–H and O–H groups in total. The van der Waals surface area contributed by atoms with Crippen LogP contribution in [0.1, 0.15) is 47.6 Å². The van der Waals surface area contributed by atoms with E-state index in [-0.39, 0.29) is 5.91 Å². The average Bonchev–Trinajstić information content (AvgIpc) is 3.53. The van der Waals surface area contributed by atoms with Crippen molar-refractivity contribution < 1.29 is 4.79 Å². The van der Waals surface area contributed by atoms with Crippen LogP contribution >= 0.6 is 0 Å². The van der Waals surface area contributed by atoms with Crippen molar-refractivity contribution in [2.45, 2.75) is 38.1 Å². The molecule has 0 saturated heterocycles. The van der Waals surface area contributed by atoms with Crippen molar-refractivity contribution in [3.8, 4) is 11.4 Å². The Bertz CT molecular complexity index is 1150. The molecule has 5 rings (SSSR count). The van der Waals surface area contributed by atoms with E-state index in [1.807, 2.05) is 48.8 Å². The Morgan fingerprint density at radius 3 is 2.70 bits per heavy atom. The maximum Gasteiger partial charge on any atom is 0.253 e. The van der Waals surface area contributed by atoms with Gasteiger partial charge in [0.05, 0.1) is 28.5 Å². The Morgan fingerprint density at radius 1 is 1.03 bits per heavy atom. The second-order valence-electron chi connectivity index (χ2n) is 7.86. The largest absolute Gasteiger partial charge is 0.352 e. The predicted molar refractivity (Wildman–Crippen MR) is 116 cm³/mol. The van der Waals surface area contributed by atoms with E-state index in [1.165, 1.54) is 25.7 Å². The van der Waals surface area contributed by atoms with Gasteiger partial charge in [-0.3, -0.25) is 14.5 Å². The van der Waals surface area contributed by atoms with E-state index in [0.29, 0.717) is 18.2 Å². The van der Waals surface area contributed by atoms with Crippen molar-refractivity contribution >= 4 is 11.4 Å². The molecule has 0 bridgehead atoms. The monoisotopic (exact) mass is 399 g/mol. The van der Waals surface area contributed by atoms with E-state index in [0.717, 1.165) is 28.9 Å². The number of hydrogen-bond acceptors (Lipinski definition) is 3. The molecule has 30 heavy (non-hydrogen) atoms. The summed E-state index contributed by atoms with van der Waals surface area (Å²) in [6, 6.07) is 14.4. The van der Waals surface area contributed by atoms with Crippen molar-refractivity contribution in [3.63, 3.8) is 0 Å². The molecule has 1 fully saturated rings. The van der Waals surface area contributed by atoms with Gasteiger partial charge < -0.3 is 9.72 Å². The van der Waals surface area contributed by atoms with Gasteiger partial charge in [0.15, 0.2) is 0 Å². The zero-order valence-electron chi connectivity index (χ0n) is 16.9. The zero-order valence-corrected chi connectivity index (χ0v) is 16.9. The minimum atomic E-state index is -0.0501. The van der Waals surface area contributed by atoms with Crippen LogP contribution in [0, 0.1) is 0 Å². The third-order valence-corrected chi connectivity index (χ3v) is 5.97. The summed E-state index contributed by atoms with van der Waals surface area (Å²) in [4.78, 5) is 17.0. The first-order valence-corrected chi connectivity index (χ1v) is 10.6. The summed E-state index contributed by atoms with van der Waals surface area (Å²) in [7, 11) is 0. The minimum Gasteiger partial charge on any atom is -0.352 e. The Morgan fingerprint density at radius 2 is 1.87 bits per heavy atom. The number of nitrogens with one attached hydrogen (secondary N) is 1. The van der Waals surface area contributed by atoms with Crippen molar-refractivity contribution in [2.75, 3.05) is 6.54 Å². The molecule has 1 aliphatic rings. The Labute approximate surface area is 175 Å². The van der Waals surface area contributed by atoms with Crippen LogP contribution in [-0.4, -0.2) is 31.6 Å². The number of pyridine rings is 2. The van der Waals surface area contributed by atoms with Gasteiger partial charge in [0.2, 0.25) is 0 Å². The molecule has 1 amide bonds. The third kappa shape index (κ3) is 3.49. The van der Waals surface area contributed by atoms with Crippen LogP contribution in [0.25, 0.3) is 16.9 Å². The first kappa shape index (κ1) is 18.6. The zero-order chi connectivity index (χ0) is 20.3. The smallest absolute Gasteiger partial charge is 0.253 e. The van der Waals surface area contributed by atoms with E-state index >= 15 is 0 Å². The summed E-state index contributed by atoms with van der Waals surface area (Å²) < 4.78 is 4.24. The number of carbonyl (C=O) groups is 1. The van der Waals surface area contributed by atoms with Crippen LogP contribution in [0.5, 0.6) is 0 Å². The van der Waals surface area contributed by atoms with Crippen molar-refractivity contribution in [1.82, 2.24) is 24.5 Å². The Hall–Kier alpha value is -3.41. The van der Waals surface area contributed by atoms with E-state index in [2.05, 4.69) is 30.5 Å². The number of carbonyl (C=O) groups excluding carboxylic acids is 1. The lowest BCUT2D eigenvalue weighted by Gasteiger charge is -2.14. The van der Waals surface area contributed by atoms with Gasteiger partial charge in [0.1, 0.15) is 0 Å². The third-order valence-electron chi connectivity index (χ3n) is 5.97. The van der Waals surface area contributed by atoms with Crippen LogP contribution in [0.4, 0.5) is 0 Å². The number of nitrogens with zero attached hydrogens (tertiary/aromatic N) is 4. The fourth-order valence-corrected chi connectivity index (χ4v) is 4.45. The quantitative estimate of drug-likeness (QED) is 0.526. The van der Waals surface area contributed by atoms with Crippen molar-refractivity contribution in [2.24, 2.45) is 0 Å². The molecule has 1 saturated carbocycles. The van der Waals surface area contributed by atoms with E-state index in [1.54, 1.807) is 12.4 Å². The van der Waals surface area contributed by atoms with Gasteiger partial charge in [-0.15, -0.1) is 0 Å².